The Morgan fingerprint density at radius 1 is 1.03 bits per heavy atom. The van der Waals surface area contributed by atoms with E-state index in [0.717, 1.165) is 24.2 Å². The molecule has 0 radical (unpaired) electrons. The van der Waals surface area contributed by atoms with Crippen LogP contribution in [0.5, 0.6) is 0 Å². The molecular weight excluding hydrogens is 450 g/mol. The zero-order valence-electron chi connectivity index (χ0n) is 18.1. The number of anilines is 1. The molecule has 1 atom stereocenters. The van der Waals surface area contributed by atoms with E-state index in [4.69, 9.17) is 5.11 Å². The number of rotatable bonds is 7. The van der Waals surface area contributed by atoms with Gasteiger partial charge in [0.1, 0.15) is 0 Å². The second-order valence-corrected chi connectivity index (χ2v) is 8.83. The standard InChI is InChI=1S/C25H21N5O3S/c31-22(27-19-8-5-18(6-9-19)24(32)33)15-34-25-29-28-23(17-11-13-26-14-12-17)30(25)21-10-7-16-3-1-2-4-20(16)21/h1-6,8-9,11-14,21H,7,10,15H2,(H,27,31)(H,32,33)/t21-/m1/s1. The van der Waals surface area contributed by atoms with Crippen LogP contribution in [0.3, 0.4) is 0 Å². The third-order valence-corrected chi connectivity index (χ3v) is 6.71. The molecule has 8 nitrogen and oxygen atoms in total. The van der Waals surface area contributed by atoms with Crippen LogP contribution in [0.4, 0.5) is 5.69 Å². The first-order valence-electron chi connectivity index (χ1n) is 10.8. The van der Waals surface area contributed by atoms with Crippen LogP contribution in [0.25, 0.3) is 11.4 Å². The number of nitrogens with zero attached hydrogens (tertiary/aromatic N) is 4. The Morgan fingerprint density at radius 2 is 1.79 bits per heavy atom. The first-order chi connectivity index (χ1) is 16.6. The van der Waals surface area contributed by atoms with Gasteiger partial charge in [0.25, 0.3) is 0 Å². The molecule has 2 aromatic heterocycles. The van der Waals surface area contributed by atoms with Crippen molar-refractivity contribution in [2.75, 3.05) is 11.1 Å². The number of amides is 1. The van der Waals surface area contributed by atoms with E-state index in [1.807, 2.05) is 18.2 Å². The highest BCUT2D eigenvalue weighted by molar-refractivity contribution is 7.99. The number of pyridine rings is 1. The molecule has 0 unspecified atom stereocenters. The third kappa shape index (κ3) is 4.42. The van der Waals surface area contributed by atoms with Gasteiger partial charge in [-0.2, -0.15) is 0 Å². The summed E-state index contributed by atoms with van der Waals surface area (Å²) in [5.74, 6) is -0.328. The number of hydrogen-bond donors (Lipinski definition) is 2. The maximum absolute atomic E-state index is 12.6. The van der Waals surface area contributed by atoms with Gasteiger partial charge in [-0.1, -0.05) is 36.0 Å². The Morgan fingerprint density at radius 3 is 2.56 bits per heavy atom. The number of aryl methyl sites for hydroxylation is 1. The first-order valence-corrected chi connectivity index (χ1v) is 11.8. The molecule has 0 fully saturated rings. The van der Waals surface area contributed by atoms with E-state index < -0.39 is 5.97 Å². The molecule has 0 aliphatic heterocycles. The average molecular weight is 472 g/mol. The summed E-state index contributed by atoms with van der Waals surface area (Å²) in [6.45, 7) is 0. The molecule has 34 heavy (non-hydrogen) atoms. The number of aromatic carboxylic acids is 1. The number of carbonyl (C=O) groups excluding carboxylic acids is 1. The highest BCUT2D eigenvalue weighted by Gasteiger charge is 2.29. The Hall–Kier alpha value is -3.98. The topological polar surface area (TPSA) is 110 Å². The molecule has 1 amide bonds. The molecule has 0 spiro atoms. The molecule has 4 aromatic rings. The fourth-order valence-corrected chi connectivity index (χ4v) is 4.96. The number of nitrogens with one attached hydrogen (secondary N) is 1. The lowest BCUT2D eigenvalue weighted by Crippen LogP contribution is -2.16. The highest BCUT2D eigenvalue weighted by Crippen LogP contribution is 2.39. The number of benzene rings is 2. The SMILES string of the molecule is O=C(CSc1nnc(-c2ccncc2)n1[C@@H]1CCc2ccccc21)Nc1ccc(C(=O)O)cc1. The van der Waals surface area contributed by atoms with E-state index in [0.29, 0.717) is 10.8 Å². The monoisotopic (exact) mass is 471 g/mol. The number of aromatic nitrogens is 4. The van der Waals surface area contributed by atoms with Crippen LogP contribution >= 0.6 is 11.8 Å². The molecule has 0 saturated carbocycles. The normalized spacial score (nSPS) is 14.5. The summed E-state index contributed by atoms with van der Waals surface area (Å²) in [5, 5.41) is 21.4. The van der Waals surface area contributed by atoms with Gasteiger partial charge in [0.05, 0.1) is 17.4 Å². The van der Waals surface area contributed by atoms with Crippen LogP contribution in [0, 0.1) is 0 Å². The number of fused-ring (bicyclic) bond motifs is 1. The van der Waals surface area contributed by atoms with Crippen LogP contribution in [0.15, 0.2) is 78.2 Å². The van der Waals surface area contributed by atoms with Crippen molar-refractivity contribution in [3.8, 4) is 11.4 Å². The number of carboxylic acids is 1. The molecule has 1 aliphatic carbocycles. The maximum atomic E-state index is 12.6. The van der Waals surface area contributed by atoms with Crippen molar-refractivity contribution in [1.82, 2.24) is 19.7 Å². The molecular formula is C25H21N5O3S. The Kier molecular flexibility index (Phi) is 6.09. The second kappa shape index (κ2) is 9.48. The number of thioether (sulfide) groups is 1. The first kappa shape index (κ1) is 21.8. The molecule has 0 saturated heterocycles. The van der Waals surface area contributed by atoms with E-state index in [2.05, 4.69) is 43.3 Å². The summed E-state index contributed by atoms with van der Waals surface area (Å²) in [5.41, 5.74) is 4.20. The van der Waals surface area contributed by atoms with E-state index >= 15 is 0 Å². The van der Waals surface area contributed by atoms with Crippen molar-refractivity contribution < 1.29 is 14.7 Å². The summed E-state index contributed by atoms with van der Waals surface area (Å²) in [4.78, 5) is 27.7. The minimum Gasteiger partial charge on any atom is -0.478 e. The lowest BCUT2D eigenvalue weighted by atomic mass is 10.1. The minimum absolute atomic E-state index is 0.0866. The van der Waals surface area contributed by atoms with Crippen molar-refractivity contribution >= 4 is 29.3 Å². The summed E-state index contributed by atoms with van der Waals surface area (Å²) in [6.07, 6.45) is 5.37. The van der Waals surface area contributed by atoms with Gasteiger partial charge in [-0.15, -0.1) is 10.2 Å². The van der Waals surface area contributed by atoms with Crippen molar-refractivity contribution in [2.24, 2.45) is 0 Å². The summed E-state index contributed by atoms with van der Waals surface area (Å²) in [7, 11) is 0. The van der Waals surface area contributed by atoms with Crippen molar-refractivity contribution in [3.63, 3.8) is 0 Å². The quantitative estimate of drug-likeness (QED) is 0.387. The summed E-state index contributed by atoms with van der Waals surface area (Å²) in [6, 6.07) is 18.4. The van der Waals surface area contributed by atoms with Gasteiger partial charge in [0, 0.05) is 23.6 Å². The predicted octanol–water partition coefficient (Wildman–Crippen LogP) is 4.30. The van der Waals surface area contributed by atoms with Crippen molar-refractivity contribution in [3.05, 3.63) is 89.7 Å². The smallest absolute Gasteiger partial charge is 0.335 e. The van der Waals surface area contributed by atoms with Gasteiger partial charge in [0.15, 0.2) is 11.0 Å². The van der Waals surface area contributed by atoms with Crippen molar-refractivity contribution in [1.29, 1.82) is 0 Å². The lowest BCUT2D eigenvalue weighted by molar-refractivity contribution is -0.113. The van der Waals surface area contributed by atoms with E-state index in [1.54, 1.807) is 24.5 Å². The van der Waals surface area contributed by atoms with Gasteiger partial charge in [-0.3, -0.25) is 14.3 Å². The zero-order chi connectivity index (χ0) is 23.5. The number of hydrogen-bond acceptors (Lipinski definition) is 6. The Balaban J connectivity index is 1.38. The molecule has 2 N–H and O–H groups in total. The molecule has 1 aliphatic rings. The minimum atomic E-state index is -1.01. The Bertz CT molecular complexity index is 1340. The Labute approximate surface area is 200 Å². The lowest BCUT2D eigenvalue weighted by Gasteiger charge is -2.18. The fraction of sp³-hybridized carbons (Fsp3) is 0.160. The van der Waals surface area contributed by atoms with Gasteiger partial charge in [-0.25, -0.2) is 4.79 Å². The largest absolute Gasteiger partial charge is 0.478 e. The summed E-state index contributed by atoms with van der Waals surface area (Å²) >= 11 is 1.33. The highest BCUT2D eigenvalue weighted by atomic mass is 32.2. The summed E-state index contributed by atoms with van der Waals surface area (Å²) < 4.78 is 2.13. The zero-order valence-corrected chi connectivity index (χ0v) is 18.9. The van der Waals surface area contributed by atoms with E-state index in [1.165, 1.54) is 35.0 Å². The molecule has 2 heterocycles. The molecule has 170 valence electrons. The molecule has 2 aromatic carbocycles. The predicted molar refractivity (Wildman–Crippen MR) is 129 cm³/mol. The van der Waals surface area contributed by atoms with Gasteiger partial charge in [-0.05, 0) is 60.4 Å². The maximum Gasteiger partial charge on any atom is 0.335 e. The average Bonchev–Trinajstić information content (AvgIpc) is 3.47. The number of carboxylic acid groups (broad SMARTS) is 1. The van der Waals surface area contributed by atoms with E-state index in [9.17, 15) is 9.59 Å². The van der Waals surface area contributed by atoms with Crippen LogP contribution < -0.4 is 5.32 Å². The molecule has 9 heteroatoms. The van der Waals surface area contributed by atoms with Crippen LogP contribution in [-0.4, -0.2) is 42.5 Å². The second-order valence-electron chi connectivity index (χ2n) is 7.88. The fourth-order valence-electron chi connectivity index (χ4n) is 4.18. The van der Waals surface area contributed by atoms with Crippen LogP contribution in [0.2, 0.25) is 0 Å². The van der Waals surface area contributed by atoms with Crippen LogP contribution in [-0.2, 0) is 11.2 Å². The van der Waals surface area contributed by atoms with Crippen molar-refractivity contribution in [2.45, 2.75) is 24.0 Å². The van der Waals surface area contributed by atoms with Gasteiger partial charge >= 0.3 is 5.97 Å². The molecule has 5 rings (SSSR count). The third-order valence-electron chi connectivity index (χ3n) is 5.76. The van der Waals surface area contributed by atoms with Gasteiger partial charge in [0.2, 0.25) is 5.91 Å². The van der Waals surface area contributed by atoms with Crippen LogP contribution in [0.1, 0.15) is 33.9 Å². The van der Waals surface area contributed by atoms with E-state index in [-0.39, 0.29) is 23.3 Å². The van der Waals surface area contributed by atoms with Gasteiger partial charge < -0.3 is 10.4 Å². The molecule has 0 bridgehead atoms. The number of carbonyl (C=O) groups is 2.